The van der Waals surface area contributed by atoms with Crippen molar-refractivity contribution in [2.45, 2.75) is 28.5 Å². The third-order valence-electron chi connectivity index (χ3n) is 8.17. The van der Waals surface area contributed by atoms with Gasteiger partial charge in [-0.3, -0.25) is 9.11 Å². The van der Waals surface area contributed by atoms with Crippen LogP contribution >= 0.6 is 0 Å². The van der Waals surface area contributed by atoms with Crippen LogP contribution < -0.4 is 105 Å². The molecule has 0 bridgehead atoms. The number of nitrogen functional groups attached to an aromatic ring is 1. The average Bonchev–Trinajstić information content (AvgIpc) is 3.06. The molecule has 56 heavy (non-hydrogen) atoms. The van der Waals surface area contributed by atoms with Gasteiger partial charge in [0.1, 0.15) is 19.9 Å². The maximum atomic E-state index is 13.3. The zero-order valence-electron chi connectivity index (χ0n) is 30.2. The van der Waals surface area contributed by atoms with Crippen molar-refractivity contribution in [1.29, 1.82) is 0 Å². The minimum absolute atomic E-state index is 0. The Hall–Kier alpha value is -2.83. The minimum Gasteiger partial charge on any atom is -0.871 e. The van der Waals surface area contributed by atoms with Crippen LogP contribution in [-0.2, 0) is 30.4 Å². The topological polar surface area (TPSA) is 288 Å². The third kappa shape index (κ3) is 9.88. The molecule has 0 heterocycles. The second-order valence-corrected chi connectivity index (χ2v) is 15.9. The summed E-state index contributed by atoms with van der Waals surface area (Å²) in [4.78, 5) is -2.26. The van der Waals surface area contributed by atoms with E-state index in [-0.39, 0.29) is 122 Å². The molecular formula is C34H24N5Na3O11S3. The maximum absolute atomic E-state index is 13.3. The first kappa shape index (κ1) is 47.5. The summed E-state index contributed by atoms with van der Waals surface area (Å²) in [7, 11) is -14.8. The van der Waals surface area contributed by atoms with Crippen LogP contribution in [0.1, 0.15) is 11.1 Å². The Morgan fingerprint density at radius 3 is 1.59 bits per heavy atom. The van der Waals surface area contributed by atoms with Gasteiger partial charge in [0.25, 0.3) is 20.2 Å². The van der Waals surface area contributed by atoms with Crippen molar-refractivity contribution in [3.05, 3.63) is 96.1 Å². The number of aryl methyl sites for hydroxylation is 2. The van der Waals surface area contributed by atoms with E-state index in [1.54, 1.807) is 50.2 Å². The quantitative estimate of drug-likeness (QED) is 0.0609. The SMILES string of the molecule is Cc1cc(-c2ccc(N=Nc3c(S(=O)(=O)O)cc4cc(S(=O)(=O)[O-])cc(N)c4c3[O-])c(C)c2)ccc1N=Nc1cc(S(=O)(=O)O)c2ccccc2c1[O-].[Na+].[Na+].[Na+]. The Morgan fingerprint density at radius 2 is 1.09 bits per heavy atom. The predicted octanol–water partition coefficient (Wildman–Crippen LogP) is -2.75. The molecule has 0 aliphatic heterocycles. The number of fused-ring (bicyclic) bond motifs is 2. The monoisotopic (exact) mass is 843 g/mol. The van der Waals surface area contributed by atoms with Crippen LogP contribution in [0.15, 0.2) is 120 Å². The van der Waals surface area contributed by atoms with Crippen LogP contribution in [0, 0.1) is 13.8 Å². The smallest absolute Gasteiger partial charge is 0.871 e. The predicted molar refractivity (Wildman–Crippen MR) is 188 cm³/mol. The van der Waals surface area contributed by atoms with E-state index in [0.29, 0.717) is 22.4 Å². The number of benzene rings is 6. The van der Waals surface area contributed by atoms with Gasteiger partial charge in [-0.05, 0) is 101 Å². The van der Waals surface area contributed by atoms with E-state index >= 15 is 0 Å². The summed E-state index contributed by atoms with van der Waals surface area (Å²) in [5.41, 5.74) is 7.50. The van der Waals surface area contributed by atoms with Crippen LogP contribution in [0.3, 0.4) is 0 Å². The molecule has 6 aromatic rings. The number of rotatable bonds is 8. The molecule has 0 atom stereocenters. The molecule has 0 aliphatic carbocycles. The molecule has 22 heteroatoms. The van der Waals surface area contributed by atoms with Crippen molar-refractivity contribution < 1.29 is 138 Å². The van der Waals surface area contributed by atoms with E-state index < -0.39 is 67.9 Å². The fraction of sp³-hybridized carbons (Fsp3) is 0.0588. The molecule has 0 spiro atoms. The molecule has 0 aliphatic rings. The summed E-state index contributed by atoms with van der Waals surface area (Å²) < 4.78 is 103. The molecule has 6 aromatic carbocycles. The molecule has 0 unspecified atom stereocenters. The van der Waals surface area contributed by atoms with E-state index in [1.165, 1.54) is 24.3 Å². The Labute approximate surface area is 387 Å². The van der Waals surface area contributed by atoms with Crippen LogP contribution in [0.4, 0.5) is 28.4 Å². The summed E-state index contributed by atoms with van der Waals surface area (Å²) in [6.07, 6.45) is 0. The standard InChI is InChI=1S/C34H27N5O11S3.3Na/c1-17-11-19(7-9-26(17)36-38-28-16-29(52(45,46)47)23-5-3-4-6-24(23)33(28)40)20-8-10-27(18(2)12-20)37-39-32-30(53(48,49)50)14-21-13-22(51(42,43)44)15-25(35)31(21)34(32)41;;;/h3-16,40-41H,35H2,1-2H3,(H,42,43,44)(H,45,46,47)(H,48,49,50);;;/q;3*+1/p-3. The maximum Gasteiger partial charge on any atom is 1.00 e. The summed E-state index contributed by atoms with van der Waals surface area (Å²) >= 11 is 0. The van der Waals surface area contributed by atoms with Crippen molar-refractivity contribution in [3.63, 3.8) is 0 Å². The van der Waals surface area contributed by atoms with E-state index in [9.17, 15) is 49.1 Å². The number of azo groups is 2. The van der Waals surface area contributed by atoms with Gasteiger partial charge in [-0.2, -0.15) is 32.2 Å². The minimum atomic E-state index is -5.10. The van der Waals surface area contributed by atoms with Crippen molar-refractivity contribution in [2.75, 3.05) is 5.73 Å². The second-order valence-electron chi connectivity index (χ2n) is 11.7. The Balaban J connectivity index is 0.00000280. The first-order valence-electron chi connectivity index (χ1n) is 15.0. The van der Waals surface area contributed by atoms with Crippen molar-refractivity contribution in [2.24, 2.45) is 20.5 Å². The molecule has 0 saturated heterocycles. The zero-order chi connectivity index (χ0) is 38.6. The van der Waals surface area contributed by atoms with Gasteiger partial charge in [0, 0.05) is 11.1 Å². The Kier molecular flexibility index (Phi) is 15.3. The molecular weight excluding hydrogens is 820 g/mol. The first-order chi connectivity index (χ1) is 24.7. The largest absolute Gasteiger partial charge is 1.00 e. The molecule has 0 radical (unpaired) electrons. The number of nitrogens with two attached hydrogens (primary N) is 1. The van der Waals surface area contributed by atoms with Crippen LogP contribution in [0.5, 0.6) is 11.5 Å². The molecule has 272 valence electrons. The summed E-state index contributed by atoms with van der Waals surface area (Å²) in [5.74, 6) is -1.66. The van der Waals surface area contributed by atoms with E-state index in [4.69, 9.17) is 5.73 Å². The molecule has 0 saturated carbocycles. The summed E-state index contributed by atoms with van der Waals surface area (Å²) in [6.45, 7) is 3.41. The van der Waals surface area contributed by atoms with Crippen LogP contribution in [0.25, 0.3) is 32.7 Å². The van der Waals surface area contributed by atoms with Crippen LogP contribution in [0.2, 0.25) is 0 Å². The van der Waals surface area contributed by atoms with E-state index in [2.05, 4.69) is 20.5 Å². The number of hydrogen-bond donors (Lipinski definition) is 3. The number of nitrogens with zero attached hydrogens (tertiary/aromatic N) is 4. The Morgan fingerprint density at radius 1 is 0.589 bits per heavy atom. The summed E-state index contributed by atoms with van der Waals surface area (Å²) in [5, 5.41) is 41.8. The van der Waals surface area contributed by atoms with Crippen molar-refractivity contribution >= 4 is 80.3 Å². The fourth-order valence-corrected chi connectivity index (χ4v) is 7.52. The van der Waals surface area contributed by atoms with E-state index in [0.717, 1.165) is 29.8 Å². The van der Waals surface area contributed by atoms with Crippen molar-refractivity contribution in [3.8, 4) is 22.6 Å². The molecule has 0 fully saturated rings. The molecule has 6 rings (SSSR count). The molecule has 0 amide bonds. The normalized spacial score (nSPS) is 12.1. The summed E-state index contributed by atoms with van der Waals surface area (Å²) in [6, 6.07) is 19.2. The van der Waals surface area contributed by atoms with Gasteiger partial charge in [0.2, 0.25) is 0 Å². The Bertz CT molecular complexity index is 2950. The van der Waals surface area contributed by atoms with Crippen molar-refractivity contribution in [1.82, 2.24) is 0 Å². The van der Waals surface area contributed by atoms with Gasteiger partial charge >= 0.3 is 88.7 Å². The average molecular weight is 844 g/mol. The van der Waals surface area contributed by atoms with Crippen LogP contribution in [-0.4, -0.2) is 38.9 Å². The fourth-order valence-electron chi connectivity index (χ4n) is 5.61. The third-order valence-corrected chi connectivity index (χ3v) is 10.7. The number of anilines is 1. The molecule has 16 nitrogen and oxygen atoms in total. The molecule has 0 aromatic heterocycles. The second kappa shape index (κ2) is 18.0. The van der Waals surface area contributed by atoms with Gasteiger partial charge in [-0.15, -0.1) is 5.11 Å². The van der Waals surface area contributed by atoms with Gasteiger partial charge in [-0.1, -0.05) is 47.9 Å². The number of hydrogen-bond acceptors (Lipinski definition) is 14. The van der Waals surface area contributed by atoms with Gasteiger partial charge in [0.05, 0.1) is 27.6 Å². The van der Waals surface area contributed by atoms with Gasteiger partial charge in [0.15, 0.2) is 0 Å². The van der Waals surface area contributed by atoms with E-state index in [1.807, 2.05) is 0 Å². The van der Waals surface area contributed by atoms with Gasteiger partial charge in [-0.25, -0.2) is 8.42 Å². The zero-order valence-corrected chi connectivity index (χ0v) is 38.7. The van der Waals surface area contributed by atoms with Gasteiger partial charge < -0.3 is 20.5 Å². The first-order valence-corrected chi connectivity index (χ1v) is 19.3. The molecule has 4 N–H and O–H groups in total.